The third-order valence-electron chi connectivity index (χ3n) is 7.75. The summed E-state index contributed by atoms with van der Waals surface area (Å²) in [6.45, 7) is 6.76. The molecule has 3 N–H and O–H groups in total. The summed E-state index contributed by atoms with van der Waals surface area (Å²) in [5, 5.41) is 31.3. The SMILES string of the molecule is CC1=C(O)C(=O)[C@@H]2[C@@]3(C)C(=O)C(O)=C[C@@H](C)[C@@H]3C[C@H]3OC(=O)[C@H](O)[C@@H]1[C@@]23C. The summed E-state index contributed by atoms with van der Waals surface area (Å²) in [7, 11) is 0. The number of ketones is 2. The van der Waals surface area contributed by atoms with Crippen LogP contribution in [0.4, 0.5) is 0 Å². The van der Waals surface area contributed by atoms with Crippen LogP contribution in [0.1, 0.15) is 34.1 Å². The minimum Gasteiger partial charge on any atom is -0.505 e. The van der Waals surface area contributed by atoms with Crippen LogP contribution in [0.5, 0.6) is 0 Å². The van der Waals surface area contributed by atoms with Gasteiger partial charge in [0.25, 0.3) is 0 Å². The Morgan fingerprint density at radius 1 is 1.19 bits per heavy atom. The second-order valence-corrected chi connectivity index (χ2v) is 8.91. The largest absolute Gasteiger partial charge is 0.505 e. The molecule has 0 unspecified atom stereocenters. The maximum absolute atomic E-state index is 13.2. The molecule has 3 aliphatic carbocycles. The standard InChI is InChI=1S/C20H24O7/c1-7-5-10(21)17(25)19(3)9(7)6-11-20(4)12(14(23)18(26)27-11)8(2)13(22)15(24)16(19)20/h5,7,9,11-12,14,16,21-23H,6H2,1-4H3/t7-,9+,11-,12-,14-,16-,19+,20+/m1/s1. The highest BCUT2D eigenvalue weighted by Crippen LogP contribution is 2.66. The van der Waals surface area contributed by atoms with Crippen molar-refractivity contribution in [2.45, 2.75) is 46.3 Å². The quantitative estimate of drug-likeness (QED) is 0.549. The van der Waals surface area contributed by atoms with E-state index in [1.54, 1.807) is 13.8 Å². The van der Waals surface area contributed by atoms with Gasteiger partial charge in [-0.05, 0) is 36.8 Å². The average molecular weight is 376 g/mol. The molecule has 0 aromatic rings. The first-order valence-electron chi connectivity index (χ1n) is 9.25. The molecule has 0 radical (unpaired) electrons. The van der Waals surface area contributed by atoms with Crippen LogP contribution >= 0.6 is 0 Å². The summed E-state index contributed by atoms with van der Waals surface area (Å²) in [5.74, 6) is -5.22. The van der Waals surface area contributed by atoms with Crippen molar-refractivity contribution in [1.82, 2.24) is 0 Å². The van der Waals surface area contributed by atoms with Gasteiger partial charge in [0.1, 0.15) is 6.10 Å². The Bertz CT molecular complexity index is 839. The van der Waals surface area contributed by atoms with Crippen molar-refractivity contribution in [2.24, 2.45) is 34.5 Å². The molecule has 7 heteroatoms. The van der Waals surface area contributed by atoms with Gasteiger partial charge in [0.15, 0.2) is 17.6 Å². The maximum atomic E-state index is 13.2. The predicted molar refractivity (Wildman–Crippen MR) is 92.4 cm³/mol. The van der Waals surface area contributed by atoms with Crippen molar-refractivity contribution < 1.29 is 34.4 Å². The van der Waals surface area contributed by atoms with E-state index in [4.69, 9.17) is 4.74 Å². The summed E-state index contributed by atoms with van der Waals surface area (Å²) in [5.41, 5.74) is -2.08. The van der Waals surface area contributed by atoms with Crippen molar-refractivity contribution in [2.75, 3.05) is 0 Å². The number of carbonyl (C=O) groups is 3. The van der Waals surface area contributed by atoms with Crippen molar-refractivity contribution in [3.8, 4) is 0 Å². The van der Waals surface area contributed by atoms with E-state index in [1.807, 2.05) is 6.92 Å². The number of aliphatic hydroxyl groups excluding tert-OH is 3. The van der Waals surface area contributed by atoms with E-state index < -0.39 is 58.2 Å². The van der Waals surface area contributed by atoms with Gasteiger partial charge in [0, 0.05) is 22.7 Å². The third kappa shape index (κ3) is 1.88. The second-order valence-electron chi connectivity index (χ2n) is 8.91. The summed E-state index contributed by atoms with van der Waals surface area (Å²) >= 11 is 0. The number of esters is 1. The molecule has 0 amide bonds. The molecule has 146 valence electrons. The molecule has 1 saturated heterocycles. The summed E-state index contributed by atoms with van der Waals surface area (Å²) in [6, 6.07) is 0. The lowest BCUT2D eigenvalue weighted by molar-refractivity contribution is -0.234. The molecular weight excluding hydrogens is 352 g/mol. The Labute approximate surface area is 156 Å². The molecule has 1 heterocycles. The molecular formula is C20H24O7. The Kier molecular flexibility index (Phi) is 3.52. The fourth-order valence-electron chi connectivity index (χ4n) is 6.53. The van der Waals surface area contributed by atoms with Crippen LogP contribution in [-0.4, -0.2) is 45.1 Å². The Morgan fingerprint density at radius 3 is 2.44 bits per heavy atom. The highest BCUT2D eigenvalue weighted by Gasteiger charge is 2.73. The van der Waals surface area contributed by atoms with Crippen molar-refractivity contribution in [3.05, 3.63) is 23.2 Å². The molecule has 27 heavy (non-hydrogen) atoms. The van der Waals surface area contributed by atoms with Gasteiger partial charge in [-0.15, -0.1) is 0 Å². The van der Waals surface area contributed by atoms with E-state index in [0.717, 1.165) is 0 Å². The molecule has 0 spiro atoms. The Morgan fingerprint density at radius 2 is 1.81 bits per heavy atom. The molecule has 2 fully saturated rings. The first-order valence-corrected chi connectivity index (χ1v) is 9.25. The number of rotatable bonds is 0. The summed E-state index contributed by atoms with van der Waals surface area (Å²) in [6.07, 6.45) is -0.374. The zero-order valence-electron chi connectivity index (χ0n) is 15.7. The van der Waals surface area contributed by atoms with E-state index in [9.17, 15) is 29.7 Å². The fourth-order valence-corrected chi connectivity index (χ4v) is 6.53. The van der Waals surface area contributed by atoms with Gasteiger partial charge in [-0.25, -0.2) is 4.79 Å². The number of carbonyl (C=O) groups excluding carboxylic acids is 3. The molecule has 4 aliphatic rings. The average Bonchev–Trinajstić information content (AvgIpc) is 2.59. The Balaban J connectivity index is 2.02. The lowest BCUT2D eigenvalue weighted by atomic mass is 9.40. The second kappa shape index (κ2) is 5.22. The predicted octanol–water partition coefficient (Wildman–Crippen LogP) is 1.61. The number of ether oxygens (including phenoxy) is 1. The molecule has 8 atom stereocenters. The van der Waals surface area contributed by atoms with Crippen molar-refractivity contribution in [3.63, 3.8) is 0 Å². The highest BCUT2D eigenvalue weighted by atomic mass is 16.6. The van der Waals surface area contributed by atoms with Gasteiger partial charge in [-0.3, -0.25) is 9.59 Å². The molecule has 0 bridgehead atoms. The van der Waals surface area contributed by atoms with Crippen LogP contribution in [0.25, 0.3) is 0 Å². The number of fused-ring (bicyclic) bond motifs is 2. The van der Waals surface area contributed by atoms with Crippen molar-refractivity contribution in [1.29, 1.82) is 0 Å². The number of hydrogen-bond donors (Lipinski definition) is 3. The number of allylic oxidation sites excluding steroid dienone is 3. The summed E-state index contributed by atoms with van der Waals surface area (Å²) < 4.78 is 5.54. The third-order valence-corrected chi connectivity index (χ3v) is 7.75. The zero-order chi connectivity index (χ0) is 20.0. The highest BCUT2D eigenvalue weighted by molar-refractivity contribution is 6.07. The monoisotopic (exact) mass is 376 g/mol. The number of Topliss-reactive ketones (excluding diaryl/α,β-unsaturated/α-hetero) is 2. The minimum absolute atomic E-state index is 0.219. The van der Waals surface area contributed by atoms with Crippen LogP contribution in [0.3, 0.4) is 0 Å². The van der Waals surface area contributed by atoms with Gasteiger partial charge in [-0.1, -0.05) is 20.8 Å². The van der Waals surface area contributed by atoms with Crippen LogP contribution in [0.2, 0.25) is 0 Å². The van der Waals surface area contributed by atoms with Crippen LogP contribution < -0.4 is 0 Å². The molecule has 4 rings (SSSR count). The molecule has 7 nitrogen and oxygen atoms in total. The lowest BCUT2D eigenvalue weighted by Crippen LogP contribution is -2.71. The van der Waals surface area contributed by atoms with Gasteiger partial charge < -0.3 is 20.1 Å². The van der Waals surface area contributed by atoms with Gasteiger partial charge in [-0.2, -0.15) is 0 Å². The molecule has 0 aromatic carbocycles. The first-order chi connectivity index (χ1) is 12.5. The van der Waals surface area contributed by atoms with Crippen LogP contribution in [0.15, 0.2) is 23.2 Å². The van der Waals surface area contributed by atoms with Crippen LogP contribution in [-0.2, 0) is 19.1 Å². The smallest absolute Gasteiger partial charge is 0.335 e. The van der Waals surface area contributed by atoms with Gasteiger partial charge >= 0.3 is 5.97 Å². The number of hydrogen-bond acceptors (Lipinski definition) is 7. The lowest BCUT2D eigenvalue weighted by Gasteiger charge is -2.64. The fraction of sp³-hybridized carbons (Fsp3) is 0.650. The Hall–Kier alpha value is -2.15. The van der Waals surface area contributed by atoms with E-state index in [-0.39, 0.29) is 23.2 Å². The molecule has 1 aliphatic heterocycles. The van der Waals surface area contributed by atoms with E-state index in [2.05, 4.69) is 0 Å². The van der Waals surface area contributed by atoms with Crippen molar-refractivity contribution >= 4 is 17.5 Å². The van der Waals surface area contributed by atoms with E-state index in [1.165, 1.54) is 13.0 Å². The summed E-state index contributed by atoms with van der Waals surface area (Å²) in [4.78, 5) is 38.6. The number of aliphatic hydroxyl groups is 3. The minimum atomic E-state index is -1.52. The van der Waals surface area contributed by atoms with Crippen LogP contribution in [0, 0.1) is 34.5 Å². The van der Waals surface area contributed by atoms with Gasteiger partial charge in [0.05, 0.1) is 0 Å². The normalized spacial score (nSPS) is 49.2. The van der Waals surface area contributed by atoms with E-state index >= 15 is 0 Å². The zero-order valence-corrected chi connectivity index (χ0v) is 15.7. The molecule has 0 aromatic heterocycles. The molecule has 1 saturated carbocycles. The first kappa shape index (κ1) is 18.2. The topological polar surface area (TPSA) is 121 Å². The van der Waals surface area contributed by atoms with E-state index in [0.29, 0.717) is 6.42 Å². The maximum Gasteiger partial charge on any atom is 0.335 e. The van der Waals surface area contributed by atoms with Gasteiger partial charge in [0.2, 0.25) is 11.6 Å².